The quantitative estimate of drug-likeness (QED) is 0.938. The van der Waals surface area contributed by atoms with Gasteiger partial charge in [-0.3, -0.25) is 0 Å². The second-order valence-electron chi connectivity index (χ2n) is 3.75. The average Bonchev–Trinajstić information content (AvgIpc) is 2.73. The Morgan fingerprint density at radius 1 is 1.37 bits per heavy atom. The first kappa shape index (κ1) is 13.4. The first-order valence-corrected chi connectivity index (χ1v) is 6.11. The Labute approximate surface area is 115 Å². The molecule has 2 aromatic rings. The summed E-state index contributed by atoms with van der Waals surface area (Å²) in [6.07, 6.45) is -0.555. The van der Waals surface area contributed by atoms with Gasteiger partial charge >= 0.3 is 6.09 Å². The molecule has 19 heavy (non-hydrogen) atoms. The number of ether oxygens (including phenoxy) is 1. The van der Waals surface area contributed by atoms with Crippen LogP contribution in [0.1, 0.15) is 12.7 Å². The molecule has 1 heterocycles. The maximum atomic E-state index is 11.5. The fourth-order valence-electron chi connectivity index (χ4n) is 1.54. The van der Waals surface area contributed by atoms with Crippen LogP contribution >= 0.6 is 11.6 Å². The molecular weight excluding hydrogens is 268 g/mol. The minimum atomic E-state index is -0.555. The van der Waals surface area contributed by atoms with Crippen LogP contribution in [-0.2, 0) is 4.74 Å². The number of carbonyl (C=O) groups is 1. The van der Waals surface area contributed by atoms with Crippen molar-refractivity contribution >= 4 is 17.7 Å². The van der Waals surface area contributed by atoms with E-state index in [2.05, 4.69) is 15.6 Å². The molecule has 0 unspecified atom stereocenters. The third-order valence-electron chi connectivity index (χ3n) is 2.41. The van der Waals surface area contributed by atoms with Crippen LogP contribution in [-0.4, -0.2) is 27.6 Å². The number of nitrogens with zero attached hydrogens (tertiary/aromatic N) is 3. The highest BCUT2D eigenvalue weighted by Crippen LogP contribution is 2.19. The average molecular weight is 281 g/mol. The summed E-state index contributed by atoms with van der Waals surface area (Å²) < 4.78 is 6.31. The molecule has 0 radical (unpaired) electrons. The van der Waals surface area contributed by atoms with E-state index in [-0.39, 0.29) is 0 Å². The van der Waals surface area contributed by atoms with Crippen molar-refractivity contribution in [1.82, 2.24) is 14.9 Å². The standard InChI is InChI=1S/C12H13ClN4O2/c1-3-19-12(18)16-17-8(2)14-15-11(17)9-4-6-10(13)7-5-9/h4-7H,3H2,1-2H3,(H,16,18). The molecular formula is C12H13ClN4O2. The predicted octanol–water partition coefficient (Wildman–Crippen LogP) is 2.61. The van der Waals surface area contributed by atoms with Gasteiger partial charge < -0.3 is 4.74 Å². The van der Waals surface area contributed by atoms with Crippen LogP contribution in [0, 0.1) is 6.92 Å². The molecule has 1 amide bonds. The molecule has 7 heteroatoms. The van der Waals surface area contributed by atoms with Gasteiger partial charge in [-0.25, -0.2) is 14.9 Å². The number of aromatic nitrogens is 3. The number of nitrogens with one attached hydrogen (secondary N) is 1. The van der Waals surface area contributed by atoms with Crippen molar-refractivity contribution in [2.24, 2.45) is 0 Å². The minimum Gasteiger partial charge on any atom is -0.449 e. The Balaban J connectivity index is 2.31. The monoisotopic (exact) mass is 280 g/mol. The van der Waals surface area contributed by atoms with Crippen LogP contribution in [0.15, 0.2) is 24.3 Å². The molecule has 0 aliphatic carbocycles. The normalized spacial score (nSPS) is 10.3. The second-order valence-corrected chi connectivity index (χ2v) is 4.18. The lowest BCUT2D eigenvalue weighted by atomic mass is 10.2. The highest BCUT2D eigenvalue weighted by Gasteiger charge is 2.13. The Morgan fingerprint density at radius 3 is 2.68 bits per heavy atom. The van der Waals surface area contributed by atoms with Crippen LogP contribution < -0.4 is 5.43 Å². The molecule has 0 bridgehead atoms. The highest BCUT2D eigenvalue weighted by atomic mass is 35.5. The number of aryl methyl sites for hydroxylation is 1. The molecule has 0 spiro atoms. The molecule has 0 saturated carbocycles. The summed E-state index contributed by atoms with van der Waals surface area (Å²) in [5.41, 5.74) is 3.36. The highest BCUT2D eigenvalue weighted by molar-refractivity contribution is 6.30. The first-order chi connectivity index (χ1) is 9.11. The zero-order chi connectivity index (χ0) is 13.8. The number of rotatable bonds is 3. The molecule has 1 N–H and O–H groups in total. The minimum absolute atomic E-state index is 0.295. The molecule has 0 atom stereocenters. The number of benzene rings is 1. The van der Waals surface area contributed by atoms with Crippen molar-refractivity contribution < 1.29 is 9.53 Å². The van der Waals surface area contributed by atoms with Crippen LogP contribution in [0.5, 0.6) is 0 Å². The number of carbonyl (C=O) groups excluding carboxylic acids is 1. The molecule has 100 valence electrons. The van der Waals surface area contributed by atoms with Crippen molar-refractivity contribution in [3.63, 3.8) is 0 Å². The Hall–Kier alpha value is -2.08. The molecule has 0 aliphatic rings. The lowest BCUT2D eigenvalue weighted by Crippen LogP contribution is -2.25. The van der Waals surface area contributed by atoms with E-state index in [1.807, 2.05) is 0 Å². The van der Waals surface area contributed by atoms with E-state index in [9.17, 15) is 4.79 Å². The molecule has 1 aromatic carbocycles. The fraction of sp³-hybridized carbons (Fsp3) is 0.250. The molecule has 2 rings (SSSR count). The Bertz CT molecular complexity index is 580. The summed E-state index contributed by atoms with van der Waals surface area (Å²) in [5, 5.41) is 8.60. The number of hydrogen-bond acceptors (Lipinski definition) is 4. The summed E-state index contributed by atoms with van der Waals surface area (Å²) in [4.78, 5) is 11.5. The van der Waals surface area contributed by atoms with Crippen molar-refractivity contribution in [3.8, 4) is 11.4 Å². The molecule has 0 aliphatic heterocycles. The van der Waals surface area contributed by atoms with Crippen LogP contribution in [0.2, 0.25) is 5.02 Å². The van der Waals surface area contributed by atoms with Crippen LogP contribution in [0.3, 0.4) is 0 Å². The van der Waals surface area contributed by atoms with Gasteiger partial charge in [0.15, 0.2) is 5.82 Å². The Kier molecular flexibility index (Phi) is 4.01. The number of amides is 1. The van der Waals surface area contributed by atoms with Gasteiger partial charge in [0.05, 0.1) is 6.61 Å². The van der Waals surface area contributed by atoms with Gasteiger partial charge in [0.1, 0.15) is 5.82 Å². The summed E-state index contributed by atoms with van der Waals surface area (Å²) in [5.74, 6) is 1.07. The van der Waals surface area contributed by atoms with Crippen molar-refractivity contribution in [1.29, 1.82) is 0 Å². The van der Waals surface area contributed by atoms with Gasteiger partial charge in [0.2, 0.25) is 0 Å². The maximum absolute atomic E-state index is 11.5. The summed E-state index contributed by atoms with van der Waals surface area (Å²) in [6.45, 7) is 3.76. The van der Waals surface area contributed by atoms with Gasteiger partial charge in [0, 0.05) is 10.6 Å². The number of halogens is 1. The predicted molar refractivity (Wildman–Crippen MR) is 71.6 cm³/mol. The molecule has 6 nitrogen and oxygen atoms in total. The van der Waals surface area contributed by atoms with E-state index in [0.29, 0.717) is 23.3 Å². The molecule has 0 saturated heterocycles. The van der Waals surface area contributed by atoms with Crippen molar-refractivity contribution in [2.75, 3.05) is 12.0 Å². The van der Waals surface area contributed by atoms with E-state index >= 15 is 0 Å². The lowest BCUT2D eigenvalue weighted by molar-refractivity contribution is 0.164. The van der Waals surface area contributed by atoms with Crippen molar-refractivity contribution in [2.45, 2.75) is 13.8 Å². The van der Waals surface area contributed by atoms with E-state index in [4.69, 9.17) is 16.3 Å². The SMILES string of the molecule is CCOC(=O)Nn1c(C)nnc1-c1ccc(Cl)cc1. The number of hydrogen-bond donors (Lipinski definition) is 1. The topological polar surface area (TPSA) is 69.0 Å². The third kappa shape index (κ3) is 3.03. The van der Waals surface area contributed by atoms with Gasteiger partial charge in [-0.15, -0.1) is 10.2 Å². The Morgan fingerprint density at radius 2 is 2.05 bits per heavy atom. The van der Waals surface area contributed by atoms with Gasteiger partial charge in [-0.1, -0.05) is 11.6 Å². The van der Waals surface area contributed by atoms with E-state index in [0.717, 1.165) is 5.56 Å². The summed E-state index contributed by atoms with van der Waals surface area (Å²) in [7, 11) is 0. The van der Waals surface area contributed by atoms with E-state index < -0.39 is 6.09 Å². The largest absolute Gasteiger partial charge is 0.449 e. The van der Waals surface area contributed by atoms with Crippen LogP contribution in [0.25, 0.3) is 11.4 Å². The van der Waals surface area contributed by atoms with Gasteiger partial charge in [-0.2, -0.15) is 0 Å². The smallest absolute Gasteiger partial charge is 0.426 e. The summed E-state index contributed by atoms with van der Waals surface area (Å²) in [6, 6.07) is 7.09. The lowest BCUT2D eigenvalue weighted by Gasteiger charge is -2.10. The van der Waals surface area contributed by atoms with Gasteiger partial charge in [0.25, 0.3) is 0 Å². The maximum Gasteiger partial charge on any atom is 0.426 e. The zero-order valence-corrected chi connectivity index (χ0v) is 11.3. The fourth-order valence-corrected chi connectivity index (χ4v) is 1.66. The van der Waals surface area contributed by atoms with E-state index in [1.165, 1.54) is 4.68 Å². The zero-order valence-electron chi connectivity index (χ0n) is 10.6. The molecule has 1 aromatic heterocycles. The first-order valence-electron chi connectivity index (χ1n) is 5.73. The van der Waals surface area contributed by atoms with Crippen molar-refractivity contribution in [3.05, 3.63) is 35.1 Å². The second kappa shape index (κ2) is 5.71. The van der Waals surface area contributed by atoms with Crippen LogP contribution in [0.4, 0.5) is 4.79 Å². The van der Waals surface area contributed by atoms with Gasteiger partial charge in [-0.05, 0) is 38.1 Å². The molecule has 0 fully saturated rings. The summed E-state index contributed by atoms with van der Waals surface area (Å²) >= 11 is 5.84. The van der Waals surface area contributed by atoms with E-state index in [1.54, 1.807) is 38.1 Å². The third-order valence-corrected chi connectivity index (χ3v) is 2.66.